The van der Waals surface area contributed by atoms with E-state index in [1.165, 1.54) is 20.5 Å². The van der Waals surface area contributed by atoms with Gasteiger partial charge < -0.3 is 0 Å². The van der Waals surface area contributed by atoms with E-state index in [2.05, 4.69) is 37.4 Å². The highest BCUT2D eigenvalue weighted by molar-refractivity contribution is 7.20. The number of hydrogen-bond donors (Lipinski definition) is 0. The van der Waals surface area contributed by atoms with Crippen LogP contribution in [-0.2, 0) is 0 Å². The van der Waals surface area contributed by atoms with Crippen LogP contribution >= 0.6 is 11.3 Å². The van der Waals surface area contributed by atoms with Crippen LogP contribution in [0.3, 0.4) is 0 Å². The van der Waals surface area contributed by atoms with Crippen LogP contribution < -0.4 is 0 Å². The molecule has 0 amide bonds. The normalized spacial score (nSPS) is 9.20. The first-order chi connectivity index (χ1) is 7.36. The Morgan fingerprint density at radius 1 is 1.07 bits per heavy atom. The Morgan fingerprint density at radius 2 is 1.73 bits per heavy atom. The lowest BCUT2D eigenvalue weighted by atomic mass is 10.1. The van der Waals surface area contributed by atoms with Crippen molar-refractivity contribution < 1.29 is 0 Å². The van der Waals surface area contributed by atoms with Crippen molar-refractivity contribution in [1.29, 1.82) is 0 Å². The van der Waals surface area contributed by atoms with Crippen LogP contribution in [0, 0.1) is 0 Å². The van der Waals surface area contributed by atoms with Gasteiger partial charge in [-0.15, -0.1) is 11.3 Å². The van der Waals surface area contributed by atoms with Crippen molar-refractivity contribution in [2.45, 2.75) is 13.8 Å². The fraction of sp³-hybridized carbons (Fsp3) is 0.143. The van der Waals surface area contributed by atoms with Gasteiger partial charge in [-0.05, 0) is 11.6 Å². The number of hydrogen-bond acceptors (Lipinski definition) is 1. The summed E-state index contributed by atoms with van der Waals surface area (Å²) >= 11 is 1.76. The number of rotatable bonds is 2. The molecule has 78 valence electrons. The molecule has 15 heavy (non-hydrogen) atoms. The van der Waals surface area contributed by atoms with E-state index in [1.54, 1.807) is 11.3 Å². The Hall–Kier alpha value is -1.34. The predicted molar refractivity (Wildman–Crippen MR) is 73.4 cm³/mol. The van der Waals surface area contributed by atoms with Gasteiger partial charge in [-0.25, -0.2) is 0 Å². The molecule has 1 heterocycles. The van der Waals surface area contributed by atoms with Crippen molar-refractivity contribution >= 4 is 33.6 Å². The van der Waals surface area contributed by atoms with E-state index < -0.39 is 0 Å². The zero-order valence-electron chi connectivity index (χ0n) is 9.29. The molecule has 0 nitrogen and oxygen atoms in total. The quantitative estimate of drug-likeness (QED) is 0.646. The average molecular weight is 216 g/mol. The standard InChI is InChI=1S/C12H10S.C2H6/c1-3-9-10-7-5-6-8-12(10)13-11(9)4-2;1-2/h3-8H,1-2H2;1-2H3. The van der Waals surface area contributed by atoms with Crippen LogP contribution in [0.25, 0.3) is 22.2 Å². The van der Waals surface area contributed by atoms with Gasteiger partial charge in [0.05, 0.1) is 0 Å². The Balaban J connectivity index is 0.000000531. The van der Waals surface area contributed by atoms with Crippen molar-refractivity contribution in [3.05, 3.63) is 47.9 Å². The smallest absolute Gasteiger partial charge is 0.0355 e. The minimum absolute atomic E-state index is 1.20. The van der Waals surface area contributed by atoms with E-state index in [-0.39, 0.29) is 0 Å². The first-order valence-corrected chi connectivity index (χ1v) is 5.95. The maximum atomic E-state index is 3.82. The average Bonchev–Trinajstić information content (AvgIpc) is 2.69. The first kappa shape index (κ1) is 11.7. The maximum absolute atomic E-state index is 3.82. The summed E-state index contributed by atoms with van der Waals surface area (Å²) in [4.78, 5) is 1.20. The van der Waals surface area contributed by atoms with E-state index in [0.29, 0.717) is 0 Å². The van der Waals surface area contributed by atoms with Gasteiger partial charge >= 0.3 is 0 Å². The Bertz CT molecular complexity index is 463. The van der Waals surface area contributed by atoms with Crippen LogP contribution in [0.4, 0.5) is 0 Å². The van der Waals surface area contributed by atoms with Crippen LogP contribution in [-0.4, -0.2) is 0 Å². The molecule has 0 atom stereocenters. The largest absolute Gasteiger partial charge is 0.135 e. The zero-order valence-corrected chi connectivity index (χ0v) is 10.1. The highest BCUT2D eigenvalue weighted by atomic mass is 32.1. The molecule has 1 heteroatoms. The van der Waals surface area contributed by atoms with Gasteiger partial charge in [-0.2, -0.15) is 0 Å². The van der Waals surface area contributed by atoms with E-state index in [9.17, 15) is 0 Å². The minimum atomic E-state index is 1.20. The summed E-state index contributed by atoms with van der Waals surface area (Å²) in [7, 11) is 0. The summed E-state index contributed by atoms with van der Waals surface area (Å²) in [5.74, 6) is 0. The summed E-state index contributed by atoms with van der Waals surface area (Å²) in [6, 6.07) is 8.35. The predicted octanol–water partition coefficient (Wildman–Crippen LogP) is 5.21. The van der Waals surface area contributed by atoms with Gasteiger partial charge in [-0.1, -0.05) is 57.4 Å². The second-order valence-electron chi connectivity index (χ2n) is 2.78. The molecule has 0 spiro atoms. The Morgan fingerprint density at radius 3 is 2.33 bits per heavy atom. The number of thiophene rings is 1. The van der Waals surface area contributed by atoms with Crippen molar-refractivity contribution in [2.24, 2.45) is 0 Å². The highest BCUT2D eigenvalue weighted by Gasteiger charge is 2.04. The highest BCUT2D eigenvalue weighted by Crippen LogP contribution is 2.32. The van der Waals surface area contributed by atoms with Crippen LogP contribution in [0.1, 0.15) is 24.3 Å². The minimum Gasteiger partial charge on any atom is -0.135 e. The summed E-state index contributed by atoms with van der Waals surface area (Å²) in [6.07, 6.45) is 3.79. The number of benzene rings is 1. The Labute approximate surface area is 95.6 Å². The zero-order chi connectivity index (χ0) is 11.3. The fourth-order valence-corrected chi connectivity index (χ4v) is 2.50. The lowest BCUT2D eigenvalue weighted by Crippen LogP contribution is -1.69. The van der Waals surface area contributed by atoms with E-state index in [4.69, 9.17) is 0 Å². The van der Waals surface area contributed by atoms with Gasteiger partial charge in [0.2, 0.25) is 0 Å². The van der Waals surface area contributed by atoms with E-state index in [0.717, 1.165) is 0 Å². The molecule has 0 aliphatic rings. The van der Waals surface area contributed by atoms with Gasteiger partial charge in [-0.3, -0.25) is 0 Å². The van der Waals surface area contributed by atoms with Crippen molar-refractivity contribution in [3.63, 3.8) is 0 Å². The molecule has 0 saturated heterocycles. The molecular weight excluding hydrogens is 200 g/mol. The molecule has 1 aromatic carbocycles. The Kier molecular flexibility index (Phi) is 4.32. The number of fused-ring (bicyclic) bond motifs is 1. The second kappa shape index (κ2) is 5.52. The van der Waals surface area contributed by atoms with Crippen molar-refractivity contribution in [3.8, 4) is 0 Å². The van der Waals surface area contributed by atoms with Crippen LogP contribution in [0.5, 0.6) is 0 Å². The molecule has 2 rings (SSSR count). The summed E-state index contributed by atoms with van der Waals surface area (Å²) < 4.78 is 1.30. The lowest BCUT2D eigenvalue weighted by Gasteiger charge is -1.90. The van der Waals surface area contributed by atoms with Gasteiger partial charge in [0.15, 0.2) is 0 Å². The molecule has 0 aliphatic heterocycles. The molecule has 0 fully saturated rings. The molecule has 0 N–H and O–H groups in total. The molecule has 0 aliphatic carbocycles. The third-order valence-electron chi connectivity index (χ3n) is 2.05. The van der Waals surface area contributed by atoms with Gasteiger partial charge in [0, 0.05) is 15.0 Å². The molecule has 1 aromatic heterocycles. The van der Waals surface area contributed by atoms with E-state index >= 15 is 0 Å². The third kappa shape index (κ3) is 2.18. The SMILES string of the molecule is C=Cc1sc2ccccc2c1C=C.CC. The third-order valence-corrected chi connectivity index (χ3v) is 3.23. The maximum Gasteiger partial charge on any atom is 0.0355 e. The topological polar surface area (TPSA) is 0 Å². The second-order valence-corrected chi connectivity index (χ2v) is 3.87. The molecule has 0 unspecified atom stereocenters. The summed E-state index contributed by atoms with van der Waals surface area (Å²) in [5, 5.41) is 1.28. The molecule has 0 saturated carbocycles. The van der Waals surface area contributed by atoms with Crippen LogP contribution in [0.2, 0.25) is 0 Å². The fourth-order valence-electron chi connectivity index (χ4n) is 1.45. The summed E-state index contributed by atoms with van der Waals surface area (Å²) in [6.45, 7) is 11.6. The molecular formula is C14H16S. The lowest BCUT2D eigenvalue weighted by molar-refractivity contribution is 1.50. The van der Waals surface area contributed by atoms with Crippen molar-refractivity contribution in [2.75, 3.05) is 0 Å². The van der Waals surface area contributed by atoms with Crippen LogP contribution in [0.15, 0.2) is 37.4 Å². The van der Waals surface area contributed by atoms with Gasteiger partial charge in [0.1, 0.15) is 0 Å². The molecule has 2 aromatic rings. The summed E-state index contributed by atoms with van der Waals surface area (Å²) in [5.41, 5.74) is 1.20. The monoisotopic (exact) mass is 216 g/mol. The molecule has 0 bridgehead atoms. The van der Waals surface area contributed by atoms with Gasteiger partial charge in [0.25, 0.3) is 0 Å². The molecule has 0 radical (unpaired) electrons. The van der Waals surface area contributed by atoms with E-state index in [1.807, 2.05) is 26.0 Å². The first-order valence-electron chi connectivity index (χ1n) is 5.13. The van der Waals surface area contributed by atoms with Crippen molar-refractivity contribution in [1.82, 2.24) is 0 Å².